The fraction of sp³-hybridized carbons (Fsp3) is 0.133. The van der Waals surface area contributed by atoms with Gasteiger partial charge in [-0.25, -0.2) is 0 Å². The molecule has 3 nitrogen and oxygen atoms in total. The van der Waals surface area contributed by atoms with Crippen LogP contribution in [0.4, 0.5) is 11.4 Å². The van der Waals surface area contributed by atoms with Crippen molar-refractivity contribution < 1.29 is 4.79 Å². The van der Waals surface area contributed by atoms with Gasteiger partial charge in [-0.2, -0.15) is 0 Å². The number of benzene rings is 2. The minimum Gasteiger partial charge on any atom is -0.399 e. The van der Waals surface area contributed by atoms with Gasteiger partial charge in [-0.3, -0.25) is 4.79 Å². The number of hydrogen-bond donors (Lipinski definition) is 2. The van der Waals surface area contributed by atoms with Crippen LogP contribution in [-0.4, -0.2) is 5.91 Å². The average molecular weight is 275 g/mol. The molecule has 0 aliphatic carbocycles. The number of nitrogen functional groups attached to an aromatic ring is 1. The summed E-state index contributed by atoms with van der Waals surface area (Å²) >= 11 is 6.16. The summed E-state index contributed by atoms with van der Waals surface area (Å²) in [6, 6.07) is 10.6. The Balaban J connectivity index is 2.26. The minimum atomic E-state index is -0.200. The van der Waals surface area contributed by atoms with Crippen LogP contribution in [0.2, 0.25) is 5.02 Å². The van der Waals surface area contributed by atoms with Crippen molar-refractivity contribution in [1.29, 1.82) is 0 Å². The lowest BCUT2D eigenvalue weighted by Gasteiger charge is -2.11. The van der Waals surface area contributed by atoms with Crippen molar-refractivity contribution in [3.63, 3.8) is 0 Å². The Labute approximate surface area is 117 Å². The Kier molecular flexibility index (Phi) is 3.76. The van der Waals surface area contributed by atoms with Gasteiger partial charge in [-0.1, -0.05) is 17.7 Å². The molecule has 0 aliphatic rings. The summed E-state index contributed by atoms with van der Waals surface area (Å²) in [4.78, 5) is 12.1. The number of rotatable bonds is 2. The second-order valence-corrected chi connectivity index (χ2v) is 4.92. The Morgan fingerprint density at radius 1 is 1.16 bits per heavy atom. The molecule has 0 bridgehead atoms. The van der Waals surface area contributed by atoms with Crippen molar-refractivity contribution in [2.45, 2.75) is 13.8 Å². The molecule has 0 saturated carbocycles. The van der Waals surface area contributed by atoms with E-state index in [0.29, 0.717) is 22.0 Å². The molecule has 0 atom stereocenters. The van der Waals surface area contributed by atoms with Crippen LogP contribution in [0.25, 0.3) is 0 Å². The molecule has 0 unspecified atom stereocenters. The zero-order valence-electron chi connectivity index (χ0n) is 10.8. The van der Waals surface area contributed by atoms with Crippen LogP contribution in [0.1, 0.15) is 21.5 Å². The summed E-state index contributed by atoms with van der Waals surface area (Å²) in [5.74, 6) is -0.200. The van der Waals surface area contributed by atoms with Crippen molar-refractivity contribution in [2.24, 2.45) is 0 Å². The van der Waals surface area contributed by atoms with Gasteiger partial charge >= 0.3 is 0 Å². The standard InChI is InChI=1S/C15H15ClN2O/c1-9-7-10(2)14(13(16)8-9)18-15(19)11-3-5-12(17)6-4-11/h3-8H,17H2,1-2H3,(H,18,19). The second-order valence-electron chi connectivity index (χ2n) is 4.51. The van der Waals surface area contributed by atoms with Gasteiger partial charge in [0.1, 0.15) is 0 Å². The quantitative estimate of drug-likeness (QED) is 0.819. The van der Waals surface area contributed by atoms with Gasteiger partial charge in [-0.05, 0) is 55.3 Å². The molecule has 0 spiro atoms. The molecule has 0 fully saturated rings. The van der Waals surface area contributed by atoms with Gasteiger partial charge in [0, 0.05) is 11.3 Å². The topological polar surface area (TPSA) is 55.1 Å². The summed E-state index contributed by atoms with van der Waals surface area (Å²) in [7, 11) is 0. The van der Waals surface area contributed by atoms with E-state index in [2.05, 4.69) is 5.32 Å². The van der Waals surface area contributed by atoms with E-state index >= 15 is 0 Å². The molecular weight excluding hydrogens is 260 g/mol. The monoisotopic (exact) mass is 274 g/mol. The molecular formula is C15H15ClN2O. The minimum absolute atomic E-state index is 0.200. The predicted octanol–water partition coefficient (Wildman–Crippen LogP) is 3.79. The highest BCUT2D eigenvalue weighted by atomic mass is 35.5. The van der Waals surface area contributed by atoms with E-state index < -0.39 is 0 Å². The maximum Gasteiger partial charge on any atom is 0.255 e. The fourth-order valence-electron chi connectivity index (χ4n) is 1.89. The highest BCUT2D eigenvalue weighted by Crippen LogP contribution is 2.27. The summed E-state index contributed by atoms with van der Waals surface area (Å²) in [5.41, 5.74) is 9.41. The normalized spacial score (nSPS) is 10.3. The van der Waals surface area contributed by atoms with Gasteiger partial charge in [-0.15, -0.1) is 0 Å². The molecule has 0 saturated heterocycles. The summed E-state index contributed by atoms with van der Waals surface area (Å²) < 4.78 is 0. The lowest BCUT2D eigenvalue weighted by Crippen LogP contribution is -2.13. The van der Waals surface area contributed by atoms with E-state index in [9.17, 15) is 4.79 Å². The SMILES string of the molecule is Cc1cc(C)c(NC(=O)c2ccc(N)cc2)c(Cl)c1. The summed E-state index contributed by atoms with van der Waals surface area (Å²) in [6.45, 7) is 3.88. The number of hydrogen-bond acceptors (Lipinski definition) is 2. The number of nitrogens with one attached hydrogen (secondary N) is 1. The second kappa shape index (κ2) is 5.33. The van der Waals surface area contributed by atoms with Gasteiger partial charge in [0.25, 0.3) is 5.91 Å². The van der Waals surface area contributed by atoms with E-state index in [1.54, 1.807) is 24.3 Å². The molecule has 4 heteroatoms. The number of halogens is 1. The maximum atomic E-state index is 12.1. The Morgan fingerprint density at radius 2 is 1.79 bits per heavy atom. The van der Waals surface area contributed by atoms with Crippen LogP contribution in [0.3, 0.4) is 0 Å². The van der Waals surface area contributed by atoms with Gasteiger partial charge in [0.2, 0.25) is 0 Å². The van der Waals surface area contributed by atoms with Crippen molar-refractivity contribution >= 4 is 28.9 Å². The smallest absolute Gasteiger partial charge is 0.255 e. The number of carbonyl (C=O) groups is 1. The number of amides is 1. The maximum absolute atomic E-state index is 12.1. The number of carbonyl (C=O) groups excluding carboxylic acids is 1. The van der Waals surface area contributed by atoms with E-state index in [1.807, 2.05) is 26.0 Å². The summed E-state index contributed by atoms with van der Waals surface area (Å²) in [6.07, 6.45) is 0. The Morgan fingerprint density at radius 3 is 2.37 bits per heavy atom. The zero-order valence-corrected chi connectivity index (χ0v) is 11.6. The first-order chi connectivity index (χ1) is 8.97. The molecule has 0 heterocycles. The van der Waals surface area contributed by atoms with Crippen molar-refractivity contribution in [1.82, 2.24) is 0 Å². The number of nitrogens with two attached hydrogens (primary N) is 1. The average Bonchev–Trinajstić information content (AvgIpc) is 2.34. The lowest BCUT2D eigenvalue weighted by molar-refractivity contribution is 0.102. The van der Waals surface area contributed by atoms with Crippen LogP contribution in [-0.2, 0) is 0 Å². The van der Waals surface area contributed by atoms with Gasteiger partial charge in [0.05, 0.1) is 10.7 Å². The van der Waals surface area contributed by atoms with E-state index in [1.165, 1.54) is 0 Å². The van der Waals surface area contributed by atoms with E-state index in [-0.39, 0.29) is 5.91 Å². The van der Waals surface area contributed by atoms with E-state index in [4.69, 9.17) is 17.3 Å². The van der Waals surface area contributed by atoms with Crippen LogP contribution < -0.4 is 11.1 Å². The van der Waals surface area contributed by atoms with Crippen LogP contribution >= 0.6 is 11.6 Å². The van der Waals surface area contributed by atoms with Crippen molar-refractivity contribution in [2.75, 3.05) is 11.1 Å². The fourth-order valence-corrected chi connectivity index (χ4v) is 2.26. The van der Waals surface area contributed by atoms with Crippen LogP contribution in [0.15, 0.2) is 36.4 Å². The molecule has 0 aromatic heterocycles. The van der Waals surface area contributed by atoms with E-state index in [0.717, 1.165) is 11.1 Å². The number of aryl methyl sites for hydroxylation is 2. The third kappa shape index (κ3) is 3.06. The first-order valence-corrected chi connectivity index (χ1v) is 6.29. The molecule has 0 aliphatic heterocycles. The molecule has 2 rings (SSSR count). The first-order valence-electron chi connectivity index (χ1n) is 5.91. The Hall–Kier alpha value is -2.00. The van der Waals surface area contributed by atoms with Crippen LogP contribution in [0, 0.1) is 13.8 Å². The van der Waals surface area contributed by atoms with Gasteiger partial charge in [0.15, 0.2) is 0 Å². The van der Waals surface area contributed by atoms with Crippen molar-refractivity contribution in [3.05, 3.63) is 58.1 Å². The molecule has 2 aromatic rings. The van der Waals surface area contributed by atoms with Crippen molar-refractivity contribution in [3.8, 4) is 0 Å². The lowest BCUT2D eigenvalue weighted by atomic mass is 10.1. The molecule has 3 N–H and O–H groups in total. The highest BCUT2D eigenvalue weighted by molar-refractivity contribution is 6.34. The predicted molar refractivity (Wildman–Crippen MR) is 79.7 cm³/mol. The third-order valence-corrected chi connectivity index (χ3v) is 3.14. The third-order valence-electron chi connectivity index (χ3n) is 2.84. The molecule has 2 aromatic carbocycles. The Bertz CT molecular complexity index is 598. The largest absolute Gasteiger partial charge is 0.399 e. The molecule has 19 heavy (non-hydrogen) atoms. The molecule has 98 valence electrons. The summed E-state index contributed by atoms with van der Waals surface area (Å²) in [5, 5.41) is 3.37. The molecule has 0 radical (unpaired) electrons. The number of anilines is 2. The van der Waals surface area contributed by atoms with Crippen LogP contribution in [0.5, 0.6) is 0 Å². The first kappa shape index (κ1) is 13.4. The van der Waals surface area contributed by atoms with Gasteiger partial charge < -0.3 is 11.1 Å². The zero-order chi connectivity index (χ0) is 14.0. The highest BCUT2D eigenvalue weighted by Gasteiger charge is 2.11. The molecule has 1 amide bonds.